The highest BCUT2D eigenvalue weighted by atomic mass is 16.3. The third-order valence-electron chi connectivity index (χ3n) is 14.0. The van der Waals surface area contributed by atoms with Gasteiger partial charge in [0.25, 0.3) is 0 Å². The minimum atomic E-state index is -0.117. The van der Waals surface area contributed by atoms with Gasteiger partial charge in [-0.05, 0) is 111 Å². The molecule has 0 spiro atoms. The second-order valence-electron chi connectivity index (χ2n) is 18.1. The predicted octanol–water partition coefficient (Wildman–Crippen LogP) is 17.5. The van der Waals surface area contributed by atoms with E-state index in [0.29, 0.717) is 0 Å². The number of anilines is 3. The van der Waals surface area contributed by atoms with Gasteiger partial charge in [-0.3, -0.25) is 0 Å². The molecule has 0 bridgehead atoms. The van der Waals surface area contributed by atoms with Gasteiger partial charge in [0.05, 0.1) is 16.7 Å². The first-order chi connectivity index (χ1) is 32.5. The van der Waals surface area contributed by atoms with Gasteiger partial charge in [0, 0.05) is 49.6 Å². The number of hydrogen-bond acceptors (Lipinski definition) is 2. The molecule has 0 N–H and O–H groups in total. The van der Waals surface area contributed by atoms with Gasteiger partial charge >= 0.3 is 0 Å². The topological polar surface area (TPSA) is 21.3 Å². The fourth-order valence-corrected chi connectivity index (χ4v) is 10.7. The third kappa shape index (κ3) is 5.90. The summed E-state index contributed by atoms with van der Waals surface area (Å²) in [5.41, 5.74) is 20.6. The second kappa shape index (κ2) is 14.8. The zero-order chi connectivity index (χ0) is 43.9. The minimum absolute atomic E-state index is 0.117. The molecule has 0 atom stereocenters. The average molecular weight is 845 g/mol. The van der Waals surface area contributed by atoms with Gasteiger partial charge in [0.2, 0.25) is 0 Å². The number of aromatic nitrogens is 1. The quantitative estimate of drug-likeness (QED) is 0.159. The fourth-order valence-electron chi connectivity index (χ4n) is 10.7. The van der Waals surface area contributed by atoms with Gasteiger partial charge < -0.3 is 13.9 Å². The maximum atomic E-state index is 7.16. The van der Waals surface area contributed by atoms with Crippen LogP contribution in [-0.4, -0.2) is 4.57 Å². The Kier molecular flexibility index (Phi) is 8.56. The van der Waals surface area contributed by atoms with E-state index < -0.39 is 0 Å². The van der Waals surface area contributed by atoms with E-state index in [2.05, 4.69) is 254 Å². The van der Waals surface area contributed by atoms with E-state index in [9.17, 15) is 0 Å². The molecule has 1 aliphatic rings. The fraction of sp³-hybridized carbons (Fsp3) is 0.0476. The zero-order valence-corrected chi connectivity index (χ0v) is 36.7. The lowest BCUT2D eigenvalue weighted by Gasteiger charge is -2.26. The number of rotatable bonds is 7. The Bertz CT molecular complexity index is 3720. The van der Waals surface area contributed by atoms with Gasteiger partial charge in [-0.15, -0.1) is 0 Å². The van der Waals surface area contributed by atoms with Gasteiger partial charge in [-0.1, -0.05) is 184 Å². The molecule has 13 rings (SSSR count). The van der Waals surface area contributed by atoms with Crippen LogP contribution >= 0.6 is 0 Å². The summed E-state index contributed by atoms with van der Waals surface area (Å²) in [6.07, 6.45) is 0. The van der Waals surface area contributed by atoms with Crippen LogP contribution in [-0.2, 0) is 5.41 Å². The molecule has 0 unspecified atom stereocenters. The Balaban J connectivity index is 0.921. The van der Waals surface area contributed by atoms with Crippen molar-refractivity contribution >= 4 is 60.8 Å². The highest BCUT2D eigenvalue weighted by Crippen LogP contribution is 2.51. The molecule has 0 aliphatic heterocycles. The SMILES string of the molecule is CC1(C)c2ccccc2-c2cc3c4ccccc4n(-c4cccc5c4oc4c(-c6ccc(N(c7ccc(-c8ccccc8)cc7)c7ccc(-c8ccccc8)cc7)cc6)cccc45)c3cc21. The van der Waals surface area contributed by atoms with Crippen LogP contribution in [0.2, 0.25) is 0 Å². The summed E-state index contributed by atoms with van der Waals surface area (Å²) in [7, 11) is 0. The van der Waals surface area contributed by atoms with Crippen LogP contribution in [0.4, 0.5) is 17.1 Å². The largest absolute Gasteiger partial charge is 0.453 e. The highest BCUT2D eigenvalue weighted by Gasteiger charge is 2.36. The Morgan fingerprint density at radius 1 is 0.348 bits per heavy atom. The molecule has 12 aromatic rings. The van der Waals surface area contributed by atoms with Crippen LogP contribution in [0.3, 0.4) is 0 Å². The first kappa shape index (κ1) is 38.1. The van der Waals surface area contributed by atoms with Crippen LogP contribution in [0.15, 0.2) is 235 Å². The molecule has 0 saturated carbocycles. The number of furan rings is 1. The van der Waals surface area contributed by atoms with E-state index in [1.165, 1.54) is 66.3 Å². The number of hydrogen-bond donors (Lipinski definition) is 0. The van der Waals surface area contributed by atoms with Gasteiger partial charge in [0.1, 0.15) is 5.58 Å². The van der Waals surface area contributed by atoms with E-state index in [1.807, 2.05) is 0 Å². The van der Waals surface area contributed by atoms with Crippen LogP contribution in [0.5, 0.6) is 0 Å². The second-order valence-corrected chi connectivity index (χ2v) is 18.1. The zero-order valence-electron chi connectivity index (χ0n) is 36.7. The molecule has 312 valence electrons. The van der Waals surface area contributed by atoms with Crippen molar-refractivity contribution in [2.75, 3.05) is 4.90 Å². The Labute approximate surface area is 384 Å². The summed E-state index contributed by atoms with van der Waals surface area (Å²) in [6, 6.07) is 83.5. The monoisotopic (exact) mass is 844 g/mol. The summed E-state index contributed by atoms with van der Waals surface area (Å²) in [6.45, 7) is 4.71. The molecule has 66 heavy (non-hydrogen) atoms. The average Bonchev–Trinajstić information content (AvgIpc) is 4.00. The van der Waals surface area contributed by atoms with Gasteiger partial charge in [-0.2, -0.15) is 0 Å². The molecule has 3 heteroatoms. The highest BCUT2D eigenvalue weighted by molar-refractivity contribution is 6.15. The van der Waals surface area contributed by atoms with Crippen molar-refractivity contribution in [1.29, 1.82) is 0 Å². The molecule has 3 nitrogen and oxygen atoms in total. The number of benzene rings is 10. The molecule has 0 amide bonds. The smallest absolute Gasteiger partial charge is 0.159 e. The summed E-state index contributed by atoms with van der Waals surface area (Å²) < 4.78 is 9.58. The van der Waals surface area contributed by atoms with E-state index in [-0.39, 0.29) is 5.41 Å². The Morgan fingerprint density at radius 3 is 1.50 bits per heavy atom. The molecule has 10 aromatic carbocycles. The minimum Gasteiger partial charge on any atom is -0.453 e. The van der Waals surface area contributed by atoms with E-state index >= 15 is 0 Å². The number of para-hydroxylation sites is 3. The Hall–Kier alpha value is -8.40. The van der Waals surface area contributed by atoms with Crippen molar-refractivity contribution in [2.24, 2.45) is 0 Å². The van der Waals surface area contributed by atoms with Crippen molar-refractivity contribution in [3.63, 3.8) is 0 Å². The number of nitrogens with zero attached hydrogens (tertiary/aromatic N) is 2. The third-order valence-corrected chi connectivity index (χ3v) is 14.0. The van der Waals surface area contributed by atoms with Crippen molar-refractivity contribution in [3.05, 3.63) is 242 Å². The van der Waals surface area contributed by atoms with Crippen LogP contribution < -0.4 is 4.90 Å². The van der Waals surface area contributed by atoms with E-state index in [1.54, 1.807) is 0 Å². The maximum absolute atomic E-state index is 7.16. The summed E-state index contributed by atoms with van der Waals surface area (Å²) in [4.78, 5) is 2.34. The summed E-state index contributed by atoms with van der Waals surface area (Å²) in [5, 5.41) is 4.69. The summed E-state index contributed by atoms with van der Waals surface area (Å²) >= 11 is 0. The summed E-state index contributed by atoms with van der Waals surface area (Å²) in [5.74, 6) is 0. The standard InChI is InChI=1S/C63H44N2O/c1-63(2)56-24-11-9-19-50(56)54-39-55-51-20-10-12-25-58(51)65(60(55)40-57(54)63)59-26-14-23-53-52-22-13-21-49(61(52)66-62(53)59)45-31-37-48(38-32-45)64(46-33-27-43(28-34-46)41-15-5-3-6-16-41)47-35-29-44(30-36-47)42-17-7-4-8-18-42/h3-40H,1-2H3. The molecular weight excluding hydrogens is 801 g/mol. The van der Waals surface area contributed by atoms with Crippen LogP contribution in [0, 0.1) is 0 Å². The van der Waals surface area contributed by atoms with Crippen LogP contribution in [0.1, 0.15) is 25.0 Å². The lowest BCUT2D eigenvalue weighted by molar-refractivity contribution is 0.660. The molecule has 0 fully saturated rings. The van der Waals surface area contributed by atoms with Crippen molar-refractivity contribution in [1.82, 2.24) is 4.57 Å². The van der Waals surface area contributed by atoms with E-state index in [4.69, 9.17) is 4.42 Å². The molecular formula is C63H44N2O. The van der Waals surface area contributed by atoms with Crippen molar-refractivity contribution in [2.45, 2.75) is 19.3 Å². The molecule has 1 aliphatic carbocycles. The molecule has 2 aromatic heterocycles. The predicted molar refractivity (Wildman–Crippen MR) is 277 cm³/mol. The van der Waals surface area contributed by atoms with Gasteiger partial charge in [0.15, 0.2) is 5.58 Å². The lowest BCUT2D eigenvalue weighted by Crippen LogP contribution is -2.14. The normalized spacial score (nSPS) is 12.8. The molecule has 2 heterocycles. The van der Waals surface area contributed by atoms with Crippen molar-refractivity contribution < 1.29 is 4.42 Å². The molecule has 0 saturated heterocycles. The maximum Gasteiger partial charge on any atom is 0.159 e. The van der Waals surface area contributed by atoms with Crippen LogP contribution in [0.25, 0.3) is 93.9 Å². The Morgan fingerprint density at radius 2 is 0.848 bits per heavy atom. The van der Waals surface area contributed by atoms with Gasteiger partial charge in [-0.25, -0.2) is 0 Å². The molecule has 0 radical (unpaired) electrons. The first-order valence-electron chi connectivity index (χ1n) is 22.8. The lowest BCUT2D eigenvalue weighted by atomic mass is 9.82. The van der Waals surface area contributed by atoms with E-state index in [0.717, 1.165) is 55.8 Å². The van der Waals surface area contributed by atoms with Crippen molar-refractivity contribution in [3.8, 4) is 50.2 Å². The first-order valence-corrected chi connectivity index (χ1v) is 22.8. The number of fused-ring (bicyclic) bond motifs is 9.